The summed E-state index contributed by atoms with van der Waals surface area (Å²) in [5, 5.41) is 0. The Morgan fingerprint density at radius 2 is 1.82 bits per heavy atom. The van der Waals surface area contributed by atoms with Crippen LogP contribution in [0.5, 0.6) is 0 Å². The normalized spacial score (nSPS) is 30.8. The molecular weight excluding hydrogens is 428 g/mol. The lowest BCUT2D eigenvalue weighted by Gasteiger charge is -2.39. The van der Waals surface area contributed by atoms with Crippen molar-refractivity contribution in [3.05, 3.63) is 59.7 Å². The monoisotopic (exact) mass is 464 g/mol. The zero-order chi connectivity index (χ0) is 23.8. The van der Waals surface area contributed by atoms with Gasteiger partial charge in [-0.15, -0.1) is 0 Å². The Labute approximate surface area is 202 Å². The summed E-state index contributed by atoms with van der Waals surface area (Å²) >= 11 is 0. The highest BCUT2D eigenvalue weighted by Gasteiger charge is 2.57. The highest BCUT2D eigenvalue weighted by Crippen LogP contribution is 2.55. The van der Waals surface area contributed by atoms with Crippen molar-refractivity contribution in [3.8, 4) is 0 Å². The van der Waals surface area contributed by atoms with Crippen LogP contribution in [0.1, 0.15) is 69.2 Å². The summed E-state index contributed by atoms with van der Waals surface area (Å²) in [6, 6.07) is 9.15. The molecule has 1 aromatic rings. The minimum absolute atomic E-state index is 0.00522. The molecule has 1 saturated heterocycles. The number of esters is 1. The third kappa shape index (κ3) is 4.52. The standard InChI is InChI=1S/C29H36O5/c1-20(2)11-14-28(12-6-13-28)26(30)10-9-23-24-19-29(32-15-16-33-29)18-22(24)17-25(23)34-27(31)21-7-4-3-5-8-21/h3-5,7-11,22-25H,6,12-19H2,1-2H3/b10-9+/t22-,23-,24+,25-/m1/s1. The Morgan fingerprint density at radius 1 is 1.09 bits per heavy atom. The molecule has 3 saturated carbocycles. The van der Waals surface area contributed by atoms with E-state index in [0.717, 1.165) is 44.9 Å². The molecule has 5 rings (SSSR count). The van der Waals surface area contributed by atoms with Gasteiger partial charge < -0.3 is 14.2 Å². The second-order valence-electron chi connectivity index (χ2n) is 10.9. The van der Waals surface area contributed by atoms with Gasteiger partial charge in [-0.05, 0) is 69.6 Å². The number of carbonyl (C=O) groups is 2. The van der Waals surface area contributed by atoms with Crippen molar-refractivity contribution in [2.45, 2.75) is 70.7 Å². The zero-order valence-corrected chi connectivity index (χ0v) is 20.3. The number of fused-ring (bicyclic) bond motifs is 1. The number of ketones is 1. The van der Waals surface area contributed by atoms with E-state index in [4.69, 9.17) is 14.2 Å². The maximum absolute atomic E-state index is 13.3. The van der Waals surface area contributed by atoms with Crippen molar-refractivity contribution in [3.63, 3.8) is 0 Å². The van der Waals surface area contributed by atoms with Gasteiger partial charge in [-0.1, -0.05) is 42.3 Å². The summed E-state index contributed by atoms with van der Waals surface area (Å²) in [6.07, 6.45) is 12.0. The van der Waals surface area contributed by atoms with Gasteiger partial charge in [0.1, 0.15) is 6.10 Å². The van der Waals surface area contributed by atoms with Crippen molar-refractivity contribution >= 4 is 11.8 Å². The summed E-state index contributed by atoms with van der Waals surface area (Å²) in [4.78, 5) is 26.2. The van der Waals surface area contributed by atoms with Gasteiger partial charge in [0.05, 0.1) is 18.8 Å². The highest BCUT2D eigenvalue weighted by atomic mass is 16.7. The summed E-state index contributed by atoms with van der Waals surface area (Å²) in [7, 11) is 0. The fraction of sp³-hybridized carbons (Fsp3) is 0.586. The lowest BCUT2D eigenvalue weighted by Crippen LogP contribution is -2.37. The van der Waals surface area contributed by atoms with Crippen molar-refractivity contribution in [1.82, 2.24) is 0 Å². The predicted molar refractivity (Wildman–Crippen MR) is 129 cm³/mol. The quantitative estimate of drug-likeness (QED) is 0.296. The van der Waals surface area contributed by atoms with Gasteiger partial charge in [0.15, 0.2) is 11.6 Å². The Morgan fingerprint density at radius 3 is 2.47 bits per heavy atom. The molecular formula is C29H36O5. The Kier molecular flexibility index (Phi) is 6.51. The van der Waals surface area contributed by atoms with E-state index in [9.17, 15) is 9.59 Å². The van der Waals surface area contributed by atoms with E-state index < -0.39 is 5.79 Å². The van der Waals surface area contributed by atoms with Crippen molar-refractivity contribution in [1.29, 1.82) is 0 Å². The molecule has 0 unspecified atom stereocenters. The number of allylic oxidation sites excluding steroid dienone is 3. The number of benzene rings is 1. The summed E-state index contributed by atoms with van der Waals surface area (Å²) in [5.74, 6) is 0.0738. The molecule has 1 aromatic carbocycles. The van der Waals surface area contributed by atoms with E-state index in [-0.39, 0.29) is 35.1 Å². The molecule has 4 atom stereocenters. The molecule has 182 valence electrons. The number of ether oxygens (including phenoxy) is 3. The minimum Gasteiger partial charge on any atom is -0.458 e. The fourth-order valence-corrected chi connectivity index (χ4v) is 6.43. The third-order valence-corrected chi connectivity index (χ3v) is 8.47. The molecule has 4 fully saturated rings. The molecule has 0 amide bonds. The number of hydrogen-bond acceptors (Lipinski definition) is 5. The molecule has 1 spiro atoms. The zero-order valence-electron chi connectivity index (χ0n) is 20.3. The van der Waals surface area contributed by atoms with Crippen LogP contribution in [0.4, 0.5) is 0 Å². The average molecular weight is 465 g/mol. The van der Waals surface area contributed by atoms with Crippen LogP contribution in [0.15, 0.2) is 54.1 Å². The second-order valence-corrected chi connectivity index (χ2v) is 10.9. The van der Waals surface area contributed by atoms with Crippen LogP contribution in [-0.4, -0.2) is 36.9 Å². The predicted octanol–water partition coefficient (Wildman–Crippen LogP) is 5.65. The topological polar surface area (TPSA) is 61.8 Å². The lowest BCUT2D eigenvalue weighted by atomic mass is 9.63. The van der Waals surface area contributed by atoms with Gasteiger partial charge >= 0.3 is 5.97 Å². The van der Waals surface area contributed by atoms with E-state index in [0.29, 0.717) is 24.7 Å². The third-order valence-electron chi connectivity index (χ3n) is 8.47. The van der Waals surface area contributed by atoms with Crippen LogP contribution in [0.25, 0.3) is 0 Å². The molecule has 0 radical (unpaired) electrons. The first-order valence-electron chi connectivity index (χ1n) is 12.8. The van der Waals surface area contributed by atoms with Gasteiger partial charge in [-0.25, -0.2) is 4.79 Å². The summed E-state index contributed by atoms with van der Waals surface area (Å²) in [5.41, 5.74) is 1.56. The summed E-state index contributed by atoms with van der Waals surface area (Å²) < 4.78 is 18.1. The first-order valence-corrected chi connectivity index (χ1v) is 12.8. The maximum atomic E-state index is 13.3. The van der Waals surface area contributed by atoms with Crippen LogP contribution in [0.3, 0.4) is 0 Å². The van der Waals surface area contributed by atoms with E-state index in [1.54, 1.807) is 18.2 Å². The number of hydrogen-bond donors (Lipinski definition) is 0. The molecule has 3 aliphatic carbocycles. The molecule has 0 N–H and O–H groups in total. The van der Waals surface area contributed by atoms with E-state index in [2.05, 4.69) is 19.9 Å². The Balaban J connectivity index is 1.34. The molecule has 5 nitrogen and oxygen atoms in total. The van der Waals surface area contributed by atoms with Crippen LogP contribution in [-0.2, 0) is 19.0 Å². The first-order chi connectivity index (χ1) is 16.4. The fourth-order valence-electron chi connectivity index (χ4n) is 6.43. The van der Waals surface area contributed by atoms with E-state index >= 15 is 0 Å². The van der Waals surface area contributed by atoms with Crippen LogP contribution in [0.2, 0.25) is 0 Å². The average Bonchev–Trinajstić information content (AvgIpc) is 3.47. The molecule has 34 heavy (non-hydrogen) atoms. The van der Waals surface area contributed by atoms with Crippen molar-refractivity contribution in [2.75, 3.05) is 13.2 Å². The second kappa shape index (κ2) is 9.43. The van der Waals surface area contributed by atoms with Crippen LogP contribution in [0, 0.1) is 23.2 Å². The SMILES string of the molecule is CC(C)=CCC1(C(=O)/C=C/[C@@H]2[C@H]3CC4(C[C@H]3C[C@H]2OC(=O)c2ccccc2)OCCO4)CCC1. The van der Waals surface area contributed by atoms with Gasteiger partial charge in [0.25, 0.3) is 0 Å². The van der Waals surface area contributed by atoms with Crippen LogP contribution < -0.4 is 0 Å². The van der Waals surface area contributed by atoms with Crippen molar-refractivity contribution in [2.24, 2.45) is 23.2 Å². The molecule has 4 aliphatic rings. The van der Waals surface area contributed by atoms with Gasteiger partial charge in [0.2, 0.25) is 0 Å². The Hall–Kier alpha value is -2.24. The van der Waals surface area contributed by atoms with Crippen LogP contribution >= 0.6 is 0 Å². The largest absolute Gasteiger partial charge is 0.458 e. The Bertz CT molecular complexity index is 963. The highest BCUT2D eigenvalue weighted by molar-refractivity contribution is 5.95. The number of rotatable bonds is 7. The van der Waals surface area contributed by atoms with Gasteiger partial charge in [0, 0.05) is 24.2 Å². The molecule has 1 aliphatic heterocycles. The van der Waals surface area contributed by atoms with E-state index in [1.165, 1.54) is 5.57 Å². The molecule has 0 bridgehead atoms. The van der Waals surface area contributed by atoms with E-state index in [1.807, 2.05) is 24.3 Å². The van der Waals surface area contributed by atoms with Crippen molar-refractivity contribution < 1.29 is 23.8 Å². The number of carbonyl (C=O) groups excluding carboxylic acids is 2. The molecule has 1 heterocycles. The van der Waals surface area contributed by atoms with Gasteiger partial charge in [-0.3, -0.25) is 4.79 Å². The minimum atomic E-state index is -0.488. The lowest BCUT2D eigenvalue weighted by molar-refractivity contribution is -0.157. The maximum Gasteiger partial charge on any atom is 0.338 e. The molecule has 5 heteroatoms. The van der Waals surface area contributed by atoms with Gasteiger partial charge in [-0.2, -0.15) is 0 Å². The summed E-state index contributed by atoms with van der Waals surface area (Å²) in [6.45, 7) is 5.44. The first kappa shape index (κ1) is 23.5. The smallest absolute Gasteiger partial charge is 0.338 e. The molecule has 0 aromatic heterocycles.